The summed E-state index contributed by atoms with van der Waals surface area (Å²) >= 11 is 0. The Kier molecular flexibility index (Phi) is 4.33. The first-order chi connectivity index (χ1) is 10.0. The molecule has 2 aliphatic carbocycles. The van der Waals surface area contributed by atoms with E-state index < -0.39 is 10.0 Å². The third-order valence-corrected chi connectivity index (χ3v) is 5.69. The number of benzene rings is 1. The summed E-state index contributed by atoms with van der Waals surface area (Å²) in [5.41, 5.74) is 2.06. The lowest BCUT2D eigenvalue weighted by molar-refractivity contribution is 0.537. The van der Waals surface area contributed by atoms with Crippen LogP contribution in [0.5, 0.6) is 0 Å². The first-order valence-corrected chi connectivity index (χ1v) is 9.48. The van der Waals surface area contributed by atoms with Gasteiger partial charge in [-0.2, -0.15) is 0 Å². The lowest BCUT2D eigenvalue weighted by Gasteiger charge is -2.13. The van der Waals surface area contributed by atoms with E-state index in [4.69, 9.17) is 0 Å². The van der Waals surface area contributed by atoms with Gasteiger partial charge in [0.15, 0.2) is 0 Å². The van der Waals surface area contributed by atoms with Crippen molar-refractivity contribution in [2.75, 3.05) is 0 Å². The maximum absolute atomic E-state index is 12.1. The molecule has 21 heavy (non-hydrogen) atoms. The van der Waals surface area contributed by atoms with Gasteiger partial charge in [-0.3, -0.25) is 0 Å². The summed E-state index contributed by atoms with van der Waals surface area (Å²) in [6.07, 6.45) is 4.85. The van der Waals surface area contributed by atoms with E-state index in [9.17, 15) is 8.42 Å². The summed E-state index contributed by atoms with van der Waals surface area (Å²) in [4.78, 5) is 0. The van der Waals surface area contributed by atoms with E-state index in [2.05, 4.69) is 10.0 Å². The van der Waals surface area contributed by atoms with Crippen molar-refractivity contribution in [1.82, 2.24) is 10.0 Å². The zero-order valence-electron chi connectivity index (χ0n) is 12.5. The van der Waals surface area contributed by atoms with Gasteiger partial charge >= 0.3 is 0 Å². The van der Waals surface area contributed by atoms with E-state index in [1.54, 1.807) is 0 Å². The molecule has 0 amide bonds. The van der Waals surface area contributed by atoms with Crippen LogP contribution in [-0.4, -0.2) is 20.5 Å². The molecular formula is C16H24N2O2S. The van der Waals surface area contributed by atoms with Crippen LogP contribution in [0.4, 0.5) is 0 Å². The minimum Gasteiger partial charge on any atom is -0.310 e. The summed E-state index contributed by atoms with van der Waals surface area (Å²) in [7, 11) is -3.23. The van der Waals surface area contributed by atoms with E-state index in [0.29, 0.717) is 12.0 Å². The van der Waals surface area contributed by atoms with Crippen molar-refractivity contribution in [3.63, 3.8) is 0 Å². The molecule has 0 aromatic heterocycles. The van der Waals surface area contributed by atoms with Crippen LogP contribution >= 0.6 is 0 Å². The average molecular weight is 308 g/mol. The van der Waals surface area contributed by atoms with Crippen LogP contribution in [0.1, 0.15) is 43.7 Å². The molecule has 0 spiro atoms. The second-order valence-corrected chi connectivity index (χ2v) is 8.23. The van der Waals surface area contributed by atoms with Gasteiger partial charge in [-0.1, -0.05) is 24.3 Å². The van der Waals surface area contributed by atoms with Crippen molar-refractivity contribution in [2.45, 2.75) is 57.0 Å². The molecule has 1 unspecified atom stereocenters. The zero-order valence-corrected chi connectivity index (χ0v) is 13.3. The van der Waals surface area contributed by atoms with Crippen LogP contribution in [0.3, 0.4) is 0 Å². The Bertz CT molecular complexity index is 575. The Morgan fingerprint density at radius 1 is 1.10 bits per heavy atom. The van der Waals surface area contributed by atoms with Crippen molar-refractivity contribution in [3.05, 3.63) is 35.4 Å². The maximum Gasteiger partial charge on any atom is 0.216 e. The molecule has 2 saturated carbocycles. The van der Waals surface area contributed by atoms with Gasteiger partial charge in [-0.05, 0) is 49.7 Å². The second kappa shape index (κ2) is 6.07. The lowest BCUT2D eigenvalue weighted by Crippen LogP contribution is -2.34. The van der Waals surface area contributed by atoms with Crippen LogP contribution in [0.15, 0.2) is 24.3 Å². The average Bonchev–Trinajstić information content (AvgIpc) is 3.28. The van der Waals surface area contributed by atoms with E-state index in [1.165, 1.54) is 18.4 Å². The summed E-state index contributed by atoms with van der Waals surface area (Å²) in [6, 6.07) is 8.64. The summed E-state index contributed by atoms with van der Waals surface area (Å²) in [6.45, 7) is 2.83. The van der Waals surface area contributed by atoms with E-state index in [0.717, 1.165) is 24.9 Å². The Morgan fingerprint density at radius 2 is 1.71 bits per heavy atom. The third-order valence-electron chi connectivity index (χ3n) is 4.25. The minimum atomic E-state index is -3.23. The topological polar surface area (TPSA) is 58.2 Å². The van der Waals surface area contributed by atoms with Crippen LogP contribution in [0.25, 0.3) is 0 Å². The molecule has 5 heteroatoms. The second-order valence-electron chi connectivity index (χ2n) is 6.47. The highest BCUT2D eigenvalue weighted by molar-refractivity contribution is 7.88. The molecule has 3 rings (SSSR count). The van der Waals surface area contributed by atoms with Crippen molar-refractivity contribution < 1.29 is 8.42 Å². The van der Waals surface area contributed by atoms with Crippen molar-refractivity contribution >= 4 is 10.0 Å². The highest BCUT2D eigenvalue weighted by Crippen LogP contribution is 2.32. The van der Waals surface area contributed by atoms with Gasteiger partial charge < -0.3 is 5.32 Å². The molecule has 1 aromatic rings. The predicted molar refractivity (Wildman–Crippen MR) is 84.2 cm³/mol. The van der Waals surface area contributed by atoms with Gasteiger partial charge in [0, 0.05) is 18.6 Å². The van der Waals surface area contributed by atoms with Gasteiger partial charge in [0.05, 0.1) is 5.75 Å². The molecule has 0 bridgehead atoms. The van der Waals surface area contributed by atoms with Crippen LogP contribution in [0, 0.1) is 5.92 Å². The lowest BCUT2D eigenvalue weighted by atomic mass is 10.1. The monoisotopic (exact) mass is 308 g/mol. The molecule has 0 heterocycles. The Labute approximate surface area is 127 Å². The molecule has 4 nitrogen and oxygen atoms in total. The van der Waals surface area contributed by atoms with Gasteiger partial charge in [0.1, 0.15) is 0 Å². The van der Waals surface area contributed by atoms with Crippen molar-refractivity contribution in [3.8, 4) is 0 Å². The van der Waals surface area contributed by atoms with Crippen LogP contribution in [-0.2, 0) is 22.3 Å². The zero-order chi connectivity index (χ0) is 14.9. The Balaban J connectivity index is 1.53. The van der Waals surface area contributed by atoms with E-state index in [1.807, 2.05) is 31.2 Å². The summed E-state index contributed by atoms with van der Waals surface area (Å²) in [5, 5.41) is 3.46. The molecule has 2 fully saturated rings. The maximum atomic E-state index is 12.1. The number of rotatable bonds is 8. The SMILES string of the molecule is CC(NS(=O)(=O)Cc1ccc(CNC2CC2)cc1)C1CC1. The van der Waals surface area contributed by atoms with Crippen molar-refractivity contribution in [2.24, 2.45) is 5.92 Å². The number of sulfonamides is 1. The standard InChI is InChI=1S/C16H24N2O2S/c1-12(15-6-7-15)18-21(19,20)11-14-4-2-13(3-5-14)10-17-16-8-9-16/h2-5,12,15-18H,6-11H2,1H3. The van der Waals surface area contributed by atoms with Gasteiger partial charge in [-0.15, -0.1) is 0 Å². The molecule has 0 saturated heterocycles. The van der Waals surface area contributed by atoms with Gasteiger partial charge in [0.2, 0.25) is 10.0 Å². The third kappa shape index (κ3) is 4.80. The molecule has 2 aliphatic rings. The molecule has 0 radical (unpaired) electrons. The Morgan fingerprint density at radius 3 is 2.29 bits per heavy atom. The fourth-order valence-corrected chi connectivity index (χ4v) is 4.01. The fraction of sp³-hybridized carbons (Fsp3) is 0.625. The molecule has 2 N–H and O–H groups in total. The summed E-state index contributed by atoms with van der Waals surface area (Å²) < 4.78 is 27.0. The first-order valence-electron chi connectivity index (χ1n) is 7.83. The molecule has 0 aliphatic heterocycles. The smallest absolute Gasteiger partial charge is 0.216 e. The number of nitrogens with one attached hydrogen (secondary N) is 2. The van der Waals surface area contributed by atoms with Crippen molar-refractivity contribution in [1.29, 1.82) is 0 Å². The molecule has 1 atom stereocenters. The predicted octanol–water partition coefficient (Wildman–Crippen LogP) is 2.16. The quantitative estimate of drug-likeness (QED) is 0.774. The van der Waals surface area contributed by atoms with Gasteiger partial charge in [-0.25, -0.2) is 13.1 Å². The normalized spacial score (nSPS) is 20.4. The van der Waals surface area contributed by atoms with E-state index >= 15 is 0 Å². The van der Waals surface area contributed by atoms with Crippen LogP contribution in [0.2, 0.25) is 0 Å². The highest BCUT2D eigenvalue weighted by atomic mass is 32.2. The molecule has 116 valence electrons. The van der Waals surface area contributed by atoms with Gasteiger partial charge in [0.25, 0.3) is 0 Å². The van der Waals surface area contributed by atoms with Crippen LogP contribution < -0.4 is 10.0 Å². The number of hydrogen-bond acceptors (Lipinski definition) is 3. The largest absolute Gasteiger partial charge is 0.310 e. The number of hydrogen-bond donors (Lipinski definition) is 2. The summed E-state index contributed by atoms with van der Waals surface area (Å²) in [5.74, 6) is 0.607. The minimum absolute atomic E-state index is 0.0667. The fourth-order valence-electron chi connectivity index (χ4n) is 2.54. The molecule has 1 aromatic carbocycles. The Hall–Kier alpha value is -0.910. The molecular weight excluding hydrogens is 284 g/mol. The highest BCUT2D eigenvalue weighted by Gasteiger charge is 2.30. The van der Waals surface area contributed by atoms with E-state index in [-0.39, 0.29) is 11.8 Å². The first kappa shape index (κ1) is 15.0.